The van der Waals surface area contributed by atoms with Gasteiger partial charge < -0.3 is 14.4 Å². The second kappa shape index (κ2) is 9.23. The third kappa shape index (κ3) is 4.34. The Balaban J connectivity index is 2.43. The standard InChI is InChI=1S/C20H26N2O4/c1-4-5-12-22-18(23)11-10-16(20(24)26-14(2)13-21)19(22)15-8-6-7-9-17(15)25-3/h6-9,14,16,19H,4-5,10-12H2,1-3H3/t14-,16+,19+/m0/s1. The fraction of sp³-hybridized carbons (Fsp3) is 0.550. The van der Waals surface area contributed by atoms with Gasteiger partial charge in [-0.2, -0.15) is 5.26 Å². The van der Waals surface area contributed by atoms with Gasteiger partial charge in [-0.25, -0.2) is 0 Å². The molecule has 0 saturated carbocycles. The number of amides is 1. The maximum Gasteiger partial charge on any atom is 0.312 e. The second-order valence-electron chi connectivity index (χ2n) is 6.48. The van der Waals surface area contributed by atoms with Crippen LogP contribution >= 0.6 is 0 Å². The van der Waals surface area contributed by atoms with E-state index >= 15 is 0 Å². The van der Waals surface area contributed by atoms with Gasteiger partial charge >= 0.3 is 5.97 Å². The van der Waals surface area contributed by atoms with Gasteiger partial charge in [0.2, 0.25) is 5.91 Å². The number of hydrogen-bond donors (Lipinski definition) is 0. The molecule has 0 unspecified atom stereocenters. The minimum atomic E-state index is -0.817. The largest absolute Gasteiger partial charge is 0.496 e. The first kappa shape index (κ1) is 19.8. The van der Waals surface area contributed by atoms with Crippen LogP contribution in [0.3, 0.4) is 0 Å². The van der Waals surface area contributed by atoms with E-state index in [1.54, 1.807) is 18.9 Å². The average molecular weight is 358 g/mol. The number of methoxy groups -OCH3 is 1. The van der Waals surface area contributed by atoms with Crippen molar-refractivity contribution in [1.29, 1.82) is 5.26 Å². The van der Waals surface area contributed by atoms with Gasteiger partial charge in [0.25, 0.3) is 0 Å². The zero-order valence-electron chi connectivity index (χ0n) is 15.6. The molecule has 0 aromatic heterocycles. The van der Waals surface area contributed by atoms with Crippen molar-refractivity contribution in [3.63, 3.8) is 0 Å². The van der Waals surface area contributed by atoms with E-state index in [2.05, 4.69) is 6.92 Å². The summed E-state index contributed by atoms with van der Waals surface area (Å²) in [7, 11) is 1.57. The number of rotatable bonds is 7. The normalized spacial score (nSPS) is 21.0. The van der Waals surface area contributed by atoms with Gasteiger partial charge in [0.15, 0.2) is 6.10 Å². The van der Waals surface area contributed by atoms with Crippen LogP contribution in [0.15, 0.2) is 24.3 Å². The molecule has 1 aliphatic rings. The number of likely N-dealkylation sites (tertiary alicyclic amines) is 1. The highest BCUT2D eigenvalue weighted by atomic mass is 16.5. The van der Waals surface area contributed by atoms with Crippen molar-refractivity contribution < 1.29 is 19.1 Å². The molecule has 1 aliphatic heterocycles. The zero-order valence-corrected chi connectivity index (χ0v) is 15.6. The number of carbonyl (C=O) groups excluding carboxylic acids is 2. The van der Waals surface area contributed by atoms with Gasteiger partial charge in [-0.05, 0) is 25.8 Å². The lowest BCUT2D eigenvalue weighted by Gasteiger charge is -2.41. The van der Waals surface area contributed by atoms with Crippen molar-refractivity contribution in [2.45, 2.75) is 51.7 Å². The Kier molecular flexibility index (Phi) is 7.02. The molecular weight excluding hydrogens is 332 g/mol. The quantitative estimate of drug-likeness (QED) is 0.699. The maximum absolute atomic E-state index is 12.7. The summed E-state index contributed by atoms with van der Waals surface area (Å²) < 4.78 is 10.7. The van der Waals surface area contributed by atoms with E-state index < -0.39 is 24.0 Å². The summed E-state index contributed by atoms with van der Waals surface area (Å²) in [5, 5.41) is 8.95. The highest BCUT2D eigenvalue weighted by molar-refractivity contribution is 5.82. The number of para-hydroxylation sites is 1. The van der Waals surface area contributed by atoms with E-state index in [1.165, 1.54) is 0 Å². The van der Waals surface area contributed by atoms with Crippen LogP contribution in [0, 0.1) is 17.2 Å². The zero-order chi connectivity index (χ0) is 19.1. The molecule has 6 nitrogen and oxygen atoms in total. The summed E-state index contributed by atoms with van der Waals surface area (Å²) in [6.45, 7) is 4.18. The molecule has 1 amide bonds. The van der Waals surface area contributed by atoms with Crippen molar-refractivity contribution in [2.24, 2.45) is 5.92 Å². The molecule has 1 aromatic carbocycles. The average Bonchev–Trinajstić information content (AvgIpc) is 2.66. The molecule has 6 heteroatoms. The Morgan fingerprint density at radius 2 is 2.15 bits per heavy atom. The van der Waals surface area contributed by atoms with Crippen LogP contribution < -0.4 is 4.74 Å². The van der Waals surface area contributed by atoms with Crippen molar-refractivity contribution in [3.8, 4) is 11.8 Å². The molecule has 2 rings (SSSR count). The molecule has 0 radical (unpaired) electrons. The summed E-state index contributed by atoms with van der Waals surface area (Å²) in [5.74, 6) is -0.285. The first-order valence-electron chi connectivity index (χ1n) is 9.06. The Labute approximate surface area is 154 Å². The third-order valence-corrected chi connectivity index (χ3v) is 4.69. The maximum atomic E-state index is 12.7. The molecular formula is C20H26N2O4. The van der Waals surface area contributed by atoms with E-state index in [9.17, 15) is 9.59 Å². The predicted molar refractivity (Wildman–Crippen MR) is 96.2 cm³/mol. The van der Waals surface area contributed by atoms with Gasteiger partial charge in [-0.3, -0.25) is 9.59 Å². The Bertz CT molecular complexity index is 683. The SMILES string of the molecule is CCCCN1C(=O)CC[C@@H](C(=O)O[C@@H](C)C#N)[C@H]1c1ccccc1OC. The summed E-state index contributed by atoms with van der Waals surface area (Å²) >= 11 is 0. The van der Waals surface area contributed by atoms with E-state index in [0.29, 0.717) is 25.1 Å². The minimum Gasteiger partial charge on any atom is -0.496 e. The third-order valence-electron chi connectivity index (χ3n) is 4.69. The van der Waals surface area contributed by atoms with Crippen molar-refractivity contribution in [2.75, 3.05) is 13.7 Å². The smallest absolute Gasteiger partial charge is 0.312 e. The number of nitrogens with zero attached hydrogens (tertiary/aromatic N) is 2. The number of hydrogen-bond acceptors (Lipinski definition) is 5. The highest BCUT2D eigenvalue weighted by Gasteiger charge is 2.42. The van der Waals surface area contributed by atoms with Crippen molar-refractivity contribution >= 4 is 11.9 Å². The number of unbranched alkanes of at least 4 members (excludes halogenated alkanes) is 1. The molecule has 0 spiro atoms. The number of nitriles is 1. The lowest BCUT2D eigenvalue weighted by atomic mass is 9.83. The molecule has 3 atom stereocenters. The van der Waals surface area contributed by atoms with E-state index in [1.807, 2.05) is 30.3 Å². The number of benzene rings is 1. The molecule has 1 heterocycles. The minimum absolute atomic E-state index is 0.0340. The topological polar surface area (TPSA) is 79.6 Å². The molecule has 0 aliphatic carbocycles. The van der Waals surface area contributed by atoms with Crippen LogP contribution in [0.4, 0.5) is 0 Å². The van der Waals surface area contributed by atoms with Gasteiger partial charge in [0.05, 0.1) is 19.1 Å². The molecule has 0 bridgehead atoms. The Morgan fingerprint density at radius 3 is 2.81 bits per heavy atom. The summed E-state index contributed by atoms with van der Waals surface area (Å²) in [5.41, 5.74) is 0.797. The van der Waals surface area contributed by atoms with E-state index in [4.69, 9.17) is 14.7 Å². The van der Waals surface area contributed by atoms with Crippen LogP contribution in [0.5, 0.6) is 5.75 Å². The molecule has 1 aromatic rings. The van der Waals surface area contributed by atoms with Crippen LogP contribution in [0.2, 0.25) is 0 Å². The van der Waals surface area contributed by atoms with Crippen LogP contribution in [0.25, 0.3) is 0 Å². The summed E-state index contributed by atoms with van der Waals surface area (Å²) in [6.07, 6.45) is 1.69. The van der Waals surface area contributed by atoms with Crippen LogP contribution in [0.1, 0.15) is 51.1 Å². The first-order chi connectivity index (χ1) is 12.5. The monoisotopic (exact) mass is 358 g/mol. The van der Waals surface area contributed by atoms with Gasteiger partial charge in [-0.15, -0.1) is 0 Å². The van der Waals surface area contributed by atoms with Gasteiger partial charge in [0, 0.05) is 18.5 Å². The highest BCUT2D eigenvalue weighted by Crippen LogP contribution is 2.41. The summed E-state index contributed by atoms with van der Waals surface area (Å²) in [6, 6.07) is 8.91. The first-order valence-corrected chi connectivity index (χ1v) is 9.06. The predicted octanol–water partition coefficient (Wildman–Crippen LogP) is 3.23. The van der Waals surface area contributed by atoms with Crippen LogP contribution in [-0.2, 0) is 14.3 Å². The fourth-order valence-electron chi connectivity index (χ4n) is 3.38. The van der Waals surface area contributed by atoms with Crippen molar-refractivity contribution in [3.05, 3.63) is 29.8 Å². The molecule has 1 saturated heterocycles. The fourth-order valence-corrected chi connectivity index (χ4v) is 3.38. The lowest BCUT2D eigenvalue weighted by molar-refractivity contribution is -0.159. The number of carbonyl (C=O) groups is 2. The summed E-state index contributed by atoms with van der Waals surface area (Å²) in [4.78, 5) is 27.1. The van der Waals surface area contributed by atoms with E-state index in [-0.39, 0.29) is 5.91 Å². The number of ether oxygens (including phenoxy) is 2. The number of esters is 1. The van der Waals surface area contributed by atoms with Gasteiger partial charge in [0.1, 0.15) is 11.8 Å². The molecule has 1 fully saturated rings. The second-order valence-corrected chi connectivity index (χ2v) is 6.48. The molecule has 140 valence electrons. The Hall–Kier alpha value is -2.55. The van der Waals surface area contributed by atoms with E-state index in [0.717, 1.165) is 18.4 Å². The lowest BCUT2D eigenvalue weighted by Crippen LogP contribution is -2.46. The van der Waals surface area contributed by atoms with Crippen molar-refractivity contribution in [1.82, 2.24) is 4.90 Å². The van der Waals surface area contributed by atoms with Crippen LogP contribution in [-0.4, -0.2) is 36.5 Å². The molecule has 0 N–H and O–H groups in total. The Morgan fingerprint density at radius 1 is 1.42 bits per heavy atom. The number of piperidine rings is 1. The molecule has 26 heavy (non-hydrogen) atoms. The van der Waals surface area contributed by atoms with Gasteiger partial charge in [-0.1, -0.05) is 31.5 Å².